The third-order valence-corrected chi connectivity index (χ3v) is 4.66. The monoisotopic (exact) mass is 358 g/mol. The Morgan fingerprint density at radius 1 is 1.15 bits per heavy atom. The molecule has 27 heavy (non-hydrogen) atoms. The molecule has 1 unspecified atom stereocenters. The number of nitrogens with zero attached hydrogens (tertiary/aromatic N) is 2. The second-order valence-electron chi connectivity index (χ2n) is 6.46. The molecule has 134 valence electrons. The summed E-state index contributed by atoms with van der Waals surface area (Å²) in [6.07, 6.45) is 14.4. The van der Waals surface area contributed by atoms with Crippen LogP contribution in [0, 0.1) is 5.82 Å². The second kappa shape index (κ2) is 7.03. The van der Waals surface area contributed by atoms with E-state index in [0.29, 0.717) is 0 Å². The maximum absolute atomic E-state index is 13.2. The van der Waals surface area contributed by atoms with Gasteiger partial charge in [-0.15, -0.1) is 6.58 Å². The van der Waals surface area contributed by atoms with Crippen molar-refractivity contribution in [1.29, 1.82) is 0 Å². The number of benzene rings is 1. The molecule has 1 aliphatic carbocycles. The number of pyridine rings is 1. The van der Waals surface area contributed by atoms with Gasteiger partial charge in [0.25, 0.3) is 0 Å². The summed E-state index contributed by atoms with van der Waals surface area (Å²) >= 11 is 0. The predicted molar refractivity (Wildman–Crippen MR) is 107 cm³/mol. The average Bonchev–Trinajstić information content (AvgIpc) is 3.19. The highest BCUT2D eigenvalue weighted by molar-refractivity contribution is 5.81. The quantitative estimate of drug-likeness (QED) is 0.622. The zero-order valence-corrected chi connectivity index (χ0v) is 14.7. The highest BCUT2D eigenvalue weighted by Gasteiger charge is 2.23. The molecule has 0 saturated carbocycles. The summed E-state index contributed by atoms with van der Waals surface area (Å²) in [4.78, 5) is 4.45. The van der Waals surface area contributed by atoms with Gasteiger partial charge in [-0.25, -0.2) is 9.37 Å². The Bertz CT molecular complexity index is 1020. The number of H-pyrrole nitrogens is 1. The fourth-order valence-corrected chi connectivity index (χ4v) is 3.18. The van der Waals surface area contributed by atoms with Gasteiger partial charge in [-0.1, -0.05) is 30.4 Å². The molecule has 4 nitrogen and oxygen atoms in total. The standard InChI is InChI=1S/C22H19FN4/c1-2-22(11-4-3-5-12-22)26-20-14-17(10-13-24-20)19-15-25-27-21(19)16-6-8-18(23)9-7-16/h2-11,13-15H,1,12H2,(H,24,26)(H,25,27). The highest BCUT2D eigenvalue weighted by Crippen LogP contribution is 2.32. The number of hydrogen-bond acceptors (Lipinski definition) is 3. The van der Waals surface area contributed by atoms with Crippen molar-refractivity contribution < 1.29 is 4.39 Å². The van der Waals surface area contributed by atoms with E-state index in [4.69, 9.17) is 0 Å². The third kappa shape index (κ3) is 3.44. The molecule has 1 aliphatic rings. The SMILES string of the molecule is C=CC1(Nc2cc(-c3cn[nH]c3-c3ccc(F)cc3)ccn2)C=CC=CC1. The van der Waals surface area contributed by atoms with E-state index in [1.54, 1.807) is 24.5 Å². The maximum atomic E-state index is 13.2. The molecule has 0 bridgehead atoms. The van der Waals surface area contributed by atoms with Crippen molar-refractivity contribution in [2.75, 3.05) is 5.32 Å². The minimum Gasteiger partial charge on any atom is -0.357 e. The van der Waals surface area contributed by atoms with Gasteiger partial charge >= 0.3 is 0 Å². The molecule has 0 fully saturated rings. The Hall–Kier alpha value is -3.47. The minimum absolute atomic E-state index is 0.264. The molecule has 2 N–H and O–H groups in total. The molecular formula is C22H19FN4. The molecule has 0 saturated heterocycles. The molecule has 4 rings (SSSR count). The lowest BCUT2D eigenvalue weighted by molar-refractivity contribution is 0.628. The van der Waals surface area contributed by atoms with Crippen molar-refractivity contribution in [3.05, 3.63) is 91.6 Å². The van der Waals surface area contributed by atoms with Gasteiger partial charge in [-0.05, 0) is 48.4 Å². The highest BCUT2D eigenvalue weighted by atomic mass is 19.1. The Morgan fingerprint density at radius 3 is 2.74 bits per heavy atom. The summed E-state index contributed by atoms with van der Waals surface area (Å²) in [6.45, 7) is 3.96. The van der Waals surface area contributed by atoms with Crippen LogP contribution in [-0.2, 0) is 0 Å². The smallest absolute Gasteiger partial charge is 0.127 e. The van der Waals surface area contributed by atoms with Crippen LogP contribution in [0.2, 0.25) is 0 Å². The predicted octanol–water partition coefficient (Wildman–Crippen LogP) is 5.13. The number of hydrogen-bond donors (Lipinski definition) is 2. The van der Waals surface area contributed by atoms with Gasteiger partial charge in [-0.2, -0.15) is 5.10 Å². The molecular weight excluding hydrogens is 339 g/mol. The summed E-state index contributed by atoms with van der Waals surface area (Å²) < 4.78 is 13.2. The fourth-order valence-electron chi connectivity index (χ4n) is 3.18. The lowest BCUT2D eigenvalue weighted by atomic mass is 9.91. The first kappa shape index (κ1) is 17.0. The number of anilines is 1. The molecule has 3 aromatic rings. The van der Waals surface area contributed by atoms with Crippen molar-refractivity contribution in [1.82, 2.24) is 15.2 Å². The molecule has 0 aliphatic heterocycles. The minimum atomic E-state index is -0.351. The van der Waals surface area contributed by atoms with Gasteiger partial charge in [0, 0.05) is 17.3 Å². The van der Waals surface area contributed by atoms with Crippen molar-refractivity contribution >= 4 is 5.82 Å². The Kier molecular flexibility index (Phi) is 4.42. The number of nitrogens with one attached hydrogen (secondary N) is 2. The first-order valence-electron chi connectivity index (χ1n) is 8.71. The van der Waals surface area contributed by atoms with Crippen LogP contribution in [0.4, 0.5) is 10.2 Å². The van der Waals surface area contributed by atoms with E-state index in [-0.39, 0.29) is 11.4 Å². The van der Waals surface area contributed by atoms with Gasteiger partial charge in [0.05, 0.1) is 17.4 Å². The van der Waals surface area contributed by atoms with Crippen LogP contribution in [0.15, 0.2) is 85.8 Å². The van der Waals surface area contributed by atoms with Crippen molar-refractivity contribution in [3.8, 4) is 22.4 Å². The zero-order chi connectivity index (χ0) is 18.7. The molecule has 0 radical (unpaired) electrons. The van der Waals surface area contributed by atoms with Crippen LogP contribution in [0.25, 0.3) is 22.4 Å². The first-order valence-corrected chi connectivity index (χ1v) is 8.71. The van der Waals surface area contributed by atoms with Gasteiger partial charge in [0.1, 0.15) is 11.6 Å². The number of rotatable bonds is 5. The summed E-state index contributed by atoms with van der Waals surface area (Å²) in [7, 11) is 0. The number of aromatic nitrogens is 3. The van der Waals surface area contributed by atoms with Gasteiger partial charge in [0.2, 0.25) is 0 Å². The number of allylic oxidation sites excluding steroid dienone is 2. The summed E-state index contributed by atoms with van der Waals surface area (Å²) in [6, 6.07) is 10.3. The van der Waals surface area contributed by atoms with E-state index in [9.17, 15) is 4.39 Å². The number of aromatic amines is 1. The molecule has 1 atom stereocenters. The first-order chi connectivity index (χ1) is 13.2. The van der Waals surface area contributed by atoms with E-state index < -0.39 is 0 Å². The summed E-state index contributed by atoms with van der Waals surface area (Å²) in [5, 5.41) is 10.7. The van der Waals surface area contributed by atoms with Crippen molar-refractivity contribution in [2.45, 2.75) is 12.0 Å². The van der Waals surface area contributed by atoms with E-state index in [1.807, 2.05) is 30.4 Å². The number of halogens is 1. The molecule has 0 amide bonds. The van der Waals surface area contributed by atoms with Crippen LogP contribution < -0.4 is 5.32 Å². The Labute approximate surface area is 157 Å². The molecule has 1 aromatic carbocycles. The van der Waals surface area contributed by atoms with Crippen LogP contribution in [0.5, 0.6) is 0 Å². The normalized spacial score (nSPS) is 18.4. The third-order valence-electron chi connectivity index (χ3n) is 4.66. The van der Waals surface area contributed by atoms with Crippen molar-refractivity contribution in [2.24, 2.45) is 0 Å². The topological polar surface area (TPSA) is 53.6 Å². The molecule has 2 aromatic heterocycles. The van der Waals surface area contributed by atoms with E-state index in [2.05, 4.69) is 39.2 Å². The van der Waals surface area contributed by atoms with Crippen LogP contribution >= 0.6 is 0 Å². The maximum Gasteiger partial charge on any atom is 0.127 e. The van der Waals surface area contributed by atoms with E-state index in [0.717, 1.165) is 34.6 Å². The Balaban J connectivity index is 1.67. The van der Waals surface area contributed by atoms with Crippen LogP contribution in [0.3, 0.4) is 0 Å². The van der Waals surface area contributed by atoms with Crippen molar-refractivity contribution in [3.63, 3.8) is 0 Å². The van der Waals surface area contributed by atoms with Crippen LogP contribution in [-0.4, -0.2) is 20.7 Å². The average molecular weight is 358 g/mol. The van der Waals surface area contributed by atoms with E-state index in [1.165, 1.54) is 12.1 Å². The largest absolute Gasteiger partial charge is 0.357 e. The van der Waals surface area contributed by atoms with Gasteiger partial charge in [-0.3, -0.25) is 5.10 Å². The molecule has 2 heterocycles. The molecule has 0 spiro atoms. The summed E-state index contributed by atoms with van der Waals surface area (Å²) in [5.74, 6) is 0.484. The fraction of sp³-hybridized carbons (Fsp3) is 0.0909. The van der Waals surface area contributed by atoms with Crippen LogP contribution in [0.1, 0.15) is 6.42 Å². The lowest BCUT2D eigenvalue weighted by Gasteiger charge is -2.29. The Morgan fingerprint density at radius 2 is 2.00 bits per heavy atom. The molecule has 5 heteroatoms. The second-order valence-corrected chi connectivity index (χ2v) is 6.46. The lowest BCUT2D eigenvalue weighted by Crippen LogP contribution is -2.34. The van der Waals surface area contributed by atoms with E-state index >= 15 is 0 Å². The summed E-state index contributed by atoms with van der Waals surface area (Å²) in [5.41, 5.74) is 3.26. The van der Waals surface area contributed by atoms with Gasteiger partial charge < -0.3 is 5.32 Å². The zero-order valence-electron chi connectivity index (χ0n) is 14.7. The van der Waals surface area contributed by atoms with Gasteiger partial charge in [0.15, 0.2) is 0 Å².